The number of Topliss-reactive ketones (excluding diaryl/α,β-unsaturated/α-hetero) is 1. The molecule has 3 aliphatic rings. The maximum absolute atomic E-state index is 14.5. The fourth-order valence-electron chi connectivity index (χ4n) is 6.04. The number of rotatable bonds is 9. The second-order valence-corrected chi connectivity index (χ2v) is 12.8. The Balaban J connectivity index is 1.70. The molecule has 2 aromatic carbocycles. The summed E-state index contributed by atoms with van der Waals surface area (Å²) in [6, 6.07) is 12.6. The highest BCUT2D eigenvalue weighted by atomic mass is 32.2. The van der Waals surface area contributed by atoms with Gasteiger partial charge in [-0.2, -0.15) is 4.31 Å². The first-order valence-corrected chi connectivity index (χ1v) is 15.5. The summed E-state index contributed by atoms with van der Waals surface area (Å²) in [5.41, 5.74) is -1.21. The van der Waals surface area contributed by atoms with Crippen LogP contribution in [0.2, 0.25) is 0 Å². The first kappa shape index (κ1) is 29.9. The number of hydrogen-bond acceptors (Lipinski definition) is 8. The van der Waals surface area contributed by atoms with E-state index in [4.69, 9.17) is 4.74 Å². The van der Waals surface area contributed by atoms with E-state index in [1.165, 1.54) is 33.5 Å². The van der Waals surface area contributed by atoms with Crippen LogP contribution < -0.4 is 4.90 Å². The van der Waals surface area contributed by atoms with Crippen LogP contribution in [0.15, 0.2) is 59.0 Å². The second-order valence-electron chi connectivity index (χ2n) is 10.9. The molecule has 2 amide bonds. The number of carbonyl (C=O) groups excluding carboxylic acids is 3. The number of ether oxygens (including phenoxy) is 1. The van der Waals surface area contributed by atoms with Crippen LogP contribution in [0, 0.1) is 0 Å². The molecule has 3 heterocycles. The zero-order valence-corrected chi connectivity index (χ0v) is 24.9. The van der Waals surface area contributed by atoms with Crippen molar-refractivity contribution in [1.82, 2.24) is 14.1 Å². The largest absolute Gasteiger partial charge is 0.507 e. The molecule has 1 N–H and O–H groups in total. The predicted octanol–water partition coefficient (Wildman–Crippen LogP) is 1.99. The lowest BCUT2D eigenvalue weighted by Crippen LogP contribution is -2.52. The molecule has 5 rings (SSSR count). The molecule has 0 aliphatic carbocycles. The molecular weight excluding hydrogens is 560 g/mol. The van der Waals surface area contributed by atoms with Crippen LogP contribution in [0.1, 0.15) is 30.9 Å². The number of aliphatic hydroxyl groups is 1. The van der Waals surface area contributed by atoms with Gasteiger partial charge in [-0.05, 0) is 51.7 Å². The van der Waals surface area contributed by atoms with Crippen LogP contribution in [-0.4, -0.2) is 105 Å². The Morgan fingerprint density at radius 3 is 2.43 bits per heavy atom. The number of morpholine rings is 1. The van der Waals surface area contributed by atoms with Gasteiger partial charge >= 0.3 is 0 Å². The van der Waals surface area contributed by atoms with E-state index in [1.54, 1.807) is 29.2 Å². The number of aliphatic hydroxyl groups excluding tert-OH is 1. The number of nitrogens with zero attached hydrogens (tertiary/aromatic N) is 4. The molecule has 11 nitrogen and oxygen atoms in total. The maximum Gasteiger partial charge on any atom is 0.296 e. The third kappa shape index (κ3) is 4.72. The average molecular weight is 597 g/mol. The van der Waals surface area contributed by atoms with Crippen molar-refractivity contribution in [2.45, 2.75) is 30.2 Å². The number of hydrogen-bond donors (Lipinski definition) is 1. The molecule has 2 aromatic rings. The fourth-order valence-corrected chi connectivity index (χ4v) is 7.50. The molecule has 3 aliphatic heterocycles. The van der Waals surface area contributed by atoms with Crippen molar-refractivity contribution in [3.63, 3.8) is 0 Å². The minimum absolute atomic E-state index is 0.0224. The maximum atomic E-state index is 14.5. The molecule has 42 heavy (non-hydrogen) atoms. The summed E-state index contributed by atoms with van der Waals surface area (Å²) in [7, 11) is -0.143. The highest BCUT2D eigenvalue weighted by Crippen LogP contribution is 2.53. The predicted molar refractivity (Wildman–Crippen MR) is 156 cm³/mol. The number of likely N-dealkylation sites (tertiary alicyclic amines) is 1. The van der Waals surface area contributed by atoms with Gasteiger partial charge in [0.05, 0.1) is 29.4 Å². The van der Waals surface area contributed by atoms with E-state index in [2.05, 4.69) is 0 Å². The molecule has 2 saturated heterocycles. The van der Waals surface area contributed by atoms with E-state index in [0.717, 1.165) is 0 Å². The summed E-state index contributed by atoms with van der Waals surface area (Å²) in [5.74, 6) is -2.95. The average Bonchev–Trinajstić information content (AvgIpc) is 3.36. The van der Waals surface area contributed by atoms with E-state index in [-0.39, 0.29) is 48.9 Å². The molecule has 2 fully saturated rings. The van der Waals surface area contributed by atoms with Gasteiger partial charge < -0.3 is 24.5 Å². The Bertz CT molecular complexity index is 1550. The van der Waals surface area contributed by atoms with Gasteiger partial charge in [0.2, 0.25) is 10.0 Å². The lowest BCUT2D eigenvalue weighted by molar-refractivity contribution is -0.143. The number of anilines is 1. The van der Waals surface area contributed by atoms with Crippen molar-refractivity contribution < 1.29 is 32.6 Å². The van der Waals surface area contributed by atoms with Crippen LogP contribution in [0.25, 0.3) is 5.76 Å². The van der Waals surface area contributed by atoms with Crippen molar-refractivity contribution >= 4 is 39.1 Å². The van der Waals surface area contributed by atoms with Crippen molar-refractivity contribution in [2.75, 3.05) is 64.9 Å². The number of benzene rings is 2. The van der Waals surface area contributed by atoms with Crippen molar-refractivity contribution in [1.29, 1.82) is 0 Å². The lowest BCUT2D eigenvalue weighted by Gasteiger charge is -2.34. The van der Waals surface area contributed by atoms with Crippen LogP contribution in [0.4, 0.5) is 5.69 Å². The van der Waals surface area contributed by atoms with E-state index >= 15 is 0 Å². The Kier molecular flexibility index (Phi) is 8.26. The first-order chi connectivity index (χ1) is 20.1. The SMILES string of the molecule is CCCN1C(=O)C2(C(=C(O)c3cccc(S(=O)(=O)N4CCOCC4)c3)C(=O)C(=O)N2CCCN(C)C)c2ccccc21. The number of amides is 2. The quantitative estimate of drug-likeness (QED) is 0.265. The minimum Gasteiger partial charge on any atom is -0.507 e. The number of carbonyl (C=O) groups is 3. The van der Waals surface area contributed by atoms with Crippen LogP contribution in [-0.2, 0) is 34.7 Å². The molecule has 1 spiro atoms. The molecule has 12 heteroatoms. The van der Waals surface area contributed by atoms with Crippen molar-refractivity contribution in [3.05, 3.63) is 65.2 Å². The number of sulfonamides is 1. The number of para-hydroxylation sites is 1. The monoisotopic (exact) mass is 596 g/mol. The molecule has 1 atom stereocenters. The van der Waals surface area contributed by atoms with Gasteiger partial charge in [0.15, 0.2) is 5.54 Å². The second kappa shape index (κ2) is 11.6. The standard InChI is InChI=1S/C30H36N4O7S/c1-4-13-33-24-12-6-5-11-23(24)30(29(33)38)25(27(36)28(37)34(30)15-8-14-31(2)3)26(35)21-9-7-10-22(20-21)42(39,40)32-16-18-41-19-17-32/h5-7,9-12,20,35H,4,8,13-19H2,1-3H3. The Hall–Kier alpha value is -3.58. The van der Waals surface area contributed by atoms with Crippen LogP contribution in [0.5, 0.6) is 0 Å². The zero-order valence-electron chi connectivity index (χ0n) is 24.1. The molecule has 0 aromatic heterocycles. The third-order valence-corrected chi connectivity index (χ3v) is 9.85. The smallest absolute Gasteiger partial charge is 0.296 e. The van der Waals surface area contributed by atoms with Crippen LogP contribution in [0.3, 0.4) is 0 Å². The third-order valence-electron chi connectivity index (χ3n) is 7.96. The molecular formula is C30H36N4O7S. The lowest BCUT2D eigenvalue weighted by atomic mass is 9.82. The van der Waals surface area contributed by atoms with E-state index in [9.17, 15) is 27.9 Å². The molecule has 1 unspecified atom stereocenters. The van der Waals surface area contributed by atoms with Gasteiger partial charge in [-0.3, -0.25) is 14.4 Å². The summed E-state index contributed by atoms with van der Waals surface area (Å²) in [6.45, 7) is 3.91. The Labute approximate surface area is 246 Å². The molecule has 0 radical (unpaired) electrons. The summed E-state index contributed by atoms with van der Waals surface area (Å²) in [6.07, 6.45) is 1.11. The summed E-state index contributed by atoms with van der Waals surface area (Å²) < 4.78 is 33.4. The van der Waals surface area contributed by atoms with E-state index < -0.39 is 38.9 Å². The van der Waals surface area contributed by atoms with Gasteiger partial charge in [-0.25, -0.2) is 8.42 Å². The molecule has 224 valence electrons. The summed E-state index contributed by atoms with van der Waals surface area (Å²) >= 11 is 0. The van der Waals surface area contributed by atoms with Gasteiger partial charge in [-0.15, -0.1) is 0 Å². The molecule has 0 saturated carbocycles. The minimum atomic E-state index is -3.92. The topological polar surface area (TPSA) is 128 Å². The van der Waals surface area contributed by atoms with E-state index in [1.807, 2.05) is 25.9 Å². The van der Waals surface area contributed by atoms with Crippen LogP contribution >= 0.6 is 0 Å². The number of fused-ring (bicyclic) bond motifs is 2. The Morgan fingerprint density at radius 1 is 1.02 bits per heavy atom. The zero-order chi connectivity index (χ0) is 30.2. The van der Waals surface area contributed by atoms with Gasteiger partial charge in [0, 0.05) is 37.3 Å². The van der Waals surface area contributed by atoms with Gasteiger partial charge in [-0.1, -0.05) is 37.3 Å². The van der Waals surface area contributed by atoms with E-state index in [0.29, 0.717) is 37.2 Å². The highest BCUT2D eigenvalue weighted by molar-refractivity contribution is 7.89. The summed E-state index contributed by atoms with van der Waals surface area (Å²) in [5, 5.41) is 11.8. The summed E-state index contributed by atoms with van der Waals surface area (Å²) in [4.78, 5) is 46.7. The Morgan fingerprint density at radius 2 is 1.74 bits per heavy atom. The van der Waals surface area contributed by atoms with Crippen molar-refractivity contribution in [2.24, 2.45) is 0 Å². The van der Waals surface area contributed by atoms with Crippen molar-refractivity contribution in [3.8, 4) is 0 Å². The normalized spacial score (nSPS) is 22.5. The first-order valence-electron chi connectivity index (χ1n) is 14.1. The molecule has 0 bridgehead atoms. The fraction of sp³-hybridized carbons (Fsp3) is 0.433. The number of ketones is 1. The highest BCUT2D eigenvalue weighted by Gasteiger charge is 2.66. The van der Waals surface area contributed by atoms with Gasteiger partial charge in [0.1, 0.15) is 5.76 Å². The van der Waals surface area contributed by atoms with Gasteiger partial charge in [0.25, 0.3) is 17.6 Å².